The average molecular weight is 208 g/mol. The van der Waals surface area contributed by atoms with Crippen LogP contribution in [-0.2, 0) is 9.59 Å². The summed E-state index contributed by atoms with van der Waals surface area (Å²) in [6.07, 6.45) is 0.988. The highest BCUT2D eigenvalue weighted by molar-refractivity contribution is 5.90. The normalized spacial score (nSPS) is 8.60. The van der Waals surface area contributed by atoms with Crippen LogP contribution in [0.4, 0.5) is 0 Å². The minimum Gasteiger partial charge on any atom is -0.478 e. The number of allylic oxidation sites excluding steroid dienone is 1. The molecule has 0 aliphatic rings. The molecule has 0 saturated carbocycles. The van der Waals surface area contributed by atoms with Gasteiger partial charge in [-0.3, -0.25) is 0 Å². The molecule has 0 spiro atoms. The number of carboxylic acid groups (broad SMARTS) is 2. The Morgan fingerprint density at radius 2 is 1.73 bits per heavy atom. The Hall–Kier alpha value is -2.60. The van der Waals surface area contributed by atoms with Crippen molar-refractivity contribution in [2.24, 2.45) is 0 Å². The lowest BCUT2D eigenvalue weighted by Gasteiger charge is -1.82. The van der Waals surface area contributed by atoms with E-state index in [1.54, 1.807) is 6.07 Å². The Balaban J connectivity index is 0. The largest absolute Gasteiger partial charge is 0.478 e. The molecule has 0 aromatic rings. The van der Waals surface area contributed by atoms with Crippen molar-refractivity contribution >= 4 is 11.9 Å². The molecule has 0 saturated heterocycles. The highest BCUT2D eigenvalue weighted by atomic mass is 16.4. The van der Waals surface area contributed by atoms with Gasteiger partial charge in [-0.15, -0.1) is 0 Å². The molecule has 0 atom stereocenters. The first-order chi connectivity index (χ1) is 6.86. The maximum Gasteiger partial charge on any atom is 0.345 e. The van der Waals surface area contributed by atoms with Crippen LogP contribution in [0.15, 0.2) is 23.8 Å². The van der Waals surface area contributed by atoms with Gasteiger partial charge in [0.2, 0.25) is 0 Å². The number of carbonyl (C=O) groups is 2. The quantitative estimate of drug-likeness (QED) is 0.508. The molecule has 0 aliphatic carbocycles. The Morgan fingerprint density at radius 1 is 1.27 bits per heavy atom. The number of hydrogen-bond acceptors (Lipinski definition) is 4. The van der Waals surface area contributed by atoms with E-state index in [1.165, 1.54) is 13.0 Å². The third-order valence-electron chi connectivity index (χ3n) is 1.01. The molecule has 0 bridgehead atoms. The van der Waals surface area contributed by atoms with Crippen molar-refractivity contribution in [2.45, 2.75) is 6.92 Å². The molecule has 0 radical (unpaired) electrons. The first-order valence-corrected chi connectivity index (χ1v) is 3.48. The minimum absolute atomic E-state index is 0.0625. The standard InChI is InChI=1S/C5H5NO2.C4H3NO2/c1-4(2-3-6)5(7)8;1-3(2-5)4(6)7/h2H,1H3,(H,7,8);1H2,(H,6,7). The van der Waals surface area contributed by atoms with E-state index in [1.807, 2.05) is 0 Å². The highest BCUT2D eigenvalue weighted by Crippen LogP contribution is 1.88. The maximum absolute atomic E-state index is 9.87. The van der Waals surface area contributed by atoms with Crippen molar-refractivity contribution in [3.05, 3.63) is 23.8 Å². The van der Waals surface area contributed by atoms with Gasteiger partial charge in [0, 0.05) is 11.6 Å². The molecule has 0 rings (SSSR count). The second kappa shape index (κ2) is 8.02. The van der Waals surface area contributed by atoms with Gasteiger partial charge in [-0.05, 0) is 6.92 Å². The third kappa shape index (κ3) is 9.31. The van der Waals surface area contributed by atoms with E-state index >= 15 is 0 Å². The van der Waals surface area contributed by atoms with Crippen LogP contribution in [0.1, 0.15) is 6.92 Å². The van der Waals surface area contributed by atoms with Crippen LogP contribution in [0.2, 0.25) is 0 Å². The fourth-order valence-corrected chi connectivity index (χ4v) is 0.206. The van der Waals surface area contributed by atoms with Crippen LogP contribution in [-0.4, -0.2) is 22.2 Å². The van der Waals surface area contributed by atoms with Crippen molar-refractivity contribution < 1.29 is 19.8 Å². The Kier molecular flexibility index (Phi) is 7.97. The van der Waals surface area contributed by atoms with E-state index in [4.69, 9.17) is 20.7 Å². The third-order valence-corrected chi connectivity index (χ3v) is 1.01. The van der Waals surface area contributed by atoms with Crippen molar-refractivity contribution in [1.82, 2.24) is 0 Å². The van der Waals surface area contributed by atoms with Gasteiger partial charge in [0.05, 0.1) is 6.07 Å². The second-order valence-electron chi connectivity index (χ2n) is 2.16. The molecule has 0 heterocycles. The van der Waals surface area contributed by atoms with E-state index in [2.05, 4.69) is 6.58 Å². The summed E-state index contributed by atoms with van der Waals surface area (Å²) in [6, 6.07) is 2.98. The number of rotatable bonds is 2. The van der Waals surface area contributed by atoms with E-state index in [9.17, 15) is 9.59 Å². The van der Waals surface area contributed by atoms with Crippen molar-refractivity contribution in [2.75, 3.05) is 0 Å². The van der Waals surface area contributed by atoms with Gasteiger partial charge in [-0.1, -0.05) is 6.58 Å². The predicted octanol–water partition coefficient (Wildman–Crippen LogP) is 0.692. The van der Waals surface area contributed by atoms with Crippen LogP contribution >= 0.6 is 0 Å². The minimum atomic E-state index is -1.26. The van der Waals surface area contributed by atoms with Crippen molar-refractivity contribution in [3.8, 4) is 12.1 Å². The van der Waals surface area contributed by atoms with Gasteiger partial charge in [-0.2, -0.15) is 10.5 Å². The summed E-state index contributed by atoms with van der Waals surface area (Å²) in [5, 5.41) is 31.6. The summed E-state index contributed by atoms with van der Waals surface area (Å²) in [7, 11) is 0. The zero-order valence-corrected chi connectivity index (χ0v) is 7.89. The first-order valence-electron chi connectivity index (χ1n) is 3.48. The first kappa shape index (κ1) is 14.9. The number of aliphatic carboxylic acids is 2. The average Bonchev–Trinajstić information content (AvgIpc) is 2.17. The molecule has 0 unspecified atom stereocenters. The molecular weight excluding hydrogens is 200 g/mol. The molecule has 15 heavy (non-hydrogen) atoms. The predicted molar refractivity (Wildman–Crippen MR) is 49.4 cm³/mol. The van der Waals surface area contributed by atoms with Gasteiger partial charge in [0.25, 0.3) is 0 Å². The Bertz CT molecular complexity index is 382. The summed E-state index contributed by atoms with van der Waals surface area (Å²) in [4.78, 5) is 19.5. The molecule has 0 aromatic heterocycles. The monoisotopic (exact) mass is 208 g/mol. The van der Waals surface area contributed by atoms with Crippen LogP contribution < -0.4 is 0 Å². The molecule has 0 amide bonds. The van der Waals surface area contributed by atoms with Gasteiger partial charge < -0.3 is 10.2 Å². The second-order valence-corrected chi connectivity index (χ2v) is 2.16. The smallest absolute Gasteiger partial charge is 0.345 e. The van der Waals surface area contributed by atoms with Gasteiger partial charge in [0.1, 0.15) is 11.6 Å². The van der Waals surface area contributed by atoms with E-state index in [0.29, 0.717) is 0 Å². The molecular formula is C9H8N2O4. The molecule has 0 aliphatic heterocycles. The van der Waals surface area contributed by atoms with E-state index < -0.39 is 17.5 Å². The van der Waals surface area contributed by atoms with Crippen LogP contribution in [0.3, 0.4) is 0 Å². The van der Waals surface area contributed by atoms with E-state index in [0.717, 1.165) is 6.08 Å². The maximum atomic E-state index is 9.87. The lowest BCUT2D eigenvalue weighted by Crippen LogP contribution is -1.94. The SMILES string of the molecule is C=C(C#N)C(=O)O.CC(=CC#N)C(=O)O. The molecule has 78 valence electrons. The van der Waals surface area contributed by atoms with Crippen molar-refractivity contribution in [3.63, 3.8) is 0 Å². The van der Waals surface area contributed by atoms with Crippen LogP contribution in [0, 0.1) is 22.7 Å². The molecule has 2 N–H and O–H groups in total. The summed E-state index contributed by atoms with van der Waals surface area (Å²) >= 11 is 0. The van der Waals surface area contributed by atoms with Gasteiger partial charge in [-0.25, -0.2) is 9.59 Å². The summed E-state index contributed by atoms with van der Waals surface area (Å²) in [5.41, 5.74) is -0.368. The molecule has 6 heteroatoms. The summed E-state index contributed by atoms with van der Waals surface area (Å²) in [5.74, 6) is -2.31. The lowest BCUT2D eigenvalue weighted by atomic mass is 10.3. The zero-order chi connectivity index (χ0) is 12.4. The molecule has 6 nitrogen and oxygen atoms in total. The molecule has 0 fully saturated rings. The number of carboxylic acids is 2. The fourth-order valence-electron chi connectivity index (χ4n) is 0.206. The summed E-state index contributed by atoms with van der Waals surface area (Å²) in [6.45, 7) is 4.28. The highest BCUT2D eigenvalue weighted by Gasteiger charge is 1.97. The number of nitriles is 2. The topological polar surface area (TPSA) is 122 Å². The Labute approximate surface area is 86.0 Å². The van der Waals surface area contributed by atoms with E-state index in [-0.39, 0.29) is 5.57 Å². The number of nitrogens with zero attached hydrogens (tertiary/aromatic N) is 2. The number of hydrogen-bond donors (Lipinski definition) is 2. The summed E-state index contributed by atoms with van der Waals surface area (Å²) < 4.78 is 0. The van der Waals surface area contributed by atoms with Crippen LogP contribution in [0.25, 0.3) is 0 Å². The molecule has 0 aromatic carbocycles. The fraction of sp³-hybridized carbons (Fsp3) is 0.111. The van der Waals surface area contributed by atoms with Gasteiger partial charge in [0.15, 0.2) is 0 Å². The van der Waals surface area contributed by atoms with Crippen LogP contribution in [0.5, 0.6) is 0 Å². The van der Waals surface area contributed by atoms with Crippen molar-refractivity contribution in [1.29, 1.82) is 10.5 Å². The lowest BCUT2D eigenvalue weighted by molar-refractivity contribution is -0.133. The zero-order valence-electron chi connectivity index (χ0n) is 7.89. The Morgan fingerprint density at radius 3 is 1.80 bits per heavy atom. The van der Waals surface area contributed by atoms with Gasteiger partial charge >= 0.3 is 11.9 Å².